The summed E-state index contributed by atoms with van der Waals surface area (Å²) in [6, 6.07) is 12.7. The average molecular weight is 391 g/mol. The van der Waals surface area contributed by atoms with Gasteiger partial charge in [0.15, 0.2) is 11.5 Å². The number of carbonyl (C=O) groups is 2. The van der Waals surface area contributed by atoms with E-state index < -0.39 is 5.91 Å². The van der Waals surface area contributed by atoms with Crippen molar-refractivity contribution >= 4 is 40.1 Å². The minimum absolute atomic E-state index is 0.0632. The van der Waals surface area contributed by atoms with E-state index >= 15 is 0 Å². The number of hydrogen-bond donors (Lipinski definition) is 2. The van der Waals surface area contributed by atoms with Gasteiger partial charge in [-0.3, -0.25) is 20.0 Å². The lowest BCUT2D eigenvalue weighted by molar-refractivity contribution is -0.118. The van der Waals surface area contributed by atoms with Gasteiger partial charge in [0.25, 0.3) is 11.8 Å². The molecule has 0 unspecified atom stereocenters. The molecule has 8 nitrogen and oxygen atoms in total. The molecule has 0 saturated heterocycles. The van der Waals surface area contributed by atoms with Crippen LogP contribution in [0.3, 0.4) is 0 Å². The first kappa shape index (κ1) is 18.7. The summed E-state index contributed by atoms with van der Waals surface area (Å²) >= 11 is 0. The molecule has 1 aromatic heterocycles. The molecule has 2 aromatic carbocycles. The van der Waals surface area contributed by atoms with Crippen molar-refractivity contribution < 1.29 is 14.0 Å². The van der Waals surface area contributed by atoms with Crippen LogP contribution in [0, 0.1) is 6.92 Å². The molecule has 0 fully saturated rings. The summed E-state index contributed by atoms with van der Waals surface area (Å²) < 4.78 is 5.68. The van der Waals surface area contributed by atoms with Crippen LogP contribution in [0.4, 0.5) is 11.4 Å². The molecule has 0 atom stereocenters. The van der Waals surface area contributed by atoms with E-state index in [1.165, 1.54) is 5.01 Å². The molecule has 1 aliphatic rings. The van der Waals surface area contributed by atoms with Crippen LogP contribution in [-0.4, -0.2) is 29.2 Å². The van der Waals surface area contributed by atoms with Crippen LogP contribution in [-0.2, 0) is 9.59 Å². The number of carbonyl (C=O) groups excluding carboxylic acids is 2. The van der Waals surface area contributed by atoms with Crippen LogP contribution in [0.5, 0.6) is 0 Å². The molecule has 8 heteroatoms. The summed E-state index contributed by atoms with van der Waals surface area (Å²) in [7, 11) is 0. The molecule has 0 aliphatic carbocycles. The van der Waals surface area contributed by atoms with E-state index in [9.17, 15) is 9.59 Å². The largest absolute Gasteiger partial charge is 0.440 e. The number of benzene rings is 2. The number of amides is 2. The van der Waals surface area contributed by atoms with Crippen molar-refractivity contribution in [3.63, 3.8) is 0 Å². The Kier molecular flexibility index (Phi) is 4.75. The number of fused-ring (bicyclic) bond motifs is 1. The van der Waals surface area contributed by atoms with Gasteiger partial charge in [0, 0.05) is 11.6 Å². The Balaban J connectivity index is 1.51. The summed E-state index contributed by atoms with van der Waals surface area (Å²) in [5.41, 5.74) is 6.42. The van der Waals surface area contributed by atoms with Gasteiger partial charge >= 0.3 is 0 Å². The fraction of sp³-hybridized carbons (Fsp3) is 0.238. The summed E-state index contributed by atoms with van der Waals surface area (Å²) in [6.07, 6.45) is 0. The van der Waals surface area contributed by atoms with Gasteiger partial charge in [-0.15, -0.1) is 0 Å². The molecule has 0 saturated carbocycles. The molecule has 2 N–H and O–H groups in total. The molecule has 2 amide bonds. The highest BCUT2D eigenvalue weighted by Crippen LogP contribution is 2.24. The number of aliphatic imine (C=N–C) groups is 1. The molecule has 3 aromatic rings. The molecule has 0 radical (unpaired) electrons. The summed E-state index contributed by atoms with van der Waals surface area (Å²) in [6.45, 7) is 5.86. The number of oxazole rings is 1. The first-order valence-corrected chi connectivity index (χ1v) is 9.33. The maximum Gasteiger partial charge on any atom is 0.292 e. The number of hydrazine groups is 1. The molecule has 1 aliphatic heterocycles. The van der Waals surface area contributed by atoms with Gasteiger partial charge in [0.1, 0.15) is 12.1 Å². The lowest BCUT2D eigenvalue weighted by Gasteiger charge is -2.27. The lowest BCUT2D eigenvalue weighted by atomic mass is 10.2. The first-order chi connectivity index (χ1) is 13.9. The topological polar surface area (TPSA) is 99.8 Å². The molecule has 4 rings (SSSR count). The van der Waals surface area contributed by atoms with Crippen LogP contribution >= 0.6 is 0 Å². The van der Waals surface area contributed by atoms with E-state index in [0.717, 1.165) is 5.56 Å². The Morgan fingerprint density at radius 3 is 2.69 bits per heavy atom. The highest BCUT2D eigenvalue weighted by Gasteiger charge is 2.25. The monoisotopic (exact) mass is 391 g/mol. The number of rotatable bonds is 4. The van der Waals surface area contributed by atoms with E-state index in [-0.39, 0.29) is 24.2 Å². The maximum atomic E-state index is 12.7. The Bertz CT molecular complexity index is 1120. The van der Waals surface area contributed by atoms with Crippen LogP contribution in [0.15, 0.2) is 51.9 Å². The van der Waals surface area contributed by atoms with E-state index in [1.54, 1.807) is 18.2 Å². The minimum atomic E-state index is -0.443. The first-order valence-electron chi connectivity index (χ1n) is 9.33. The van der Waals surface area contributed by atoms with Crippen LogP contribution in [0.2, 0.25) is 0 Å². The molecular formula is C21H21N5O3. The highest BCUT2D eigenvalue weighted by molar-refractivity contribution is 6.43. The normalized spacial score (nSPS) is 14.1. The van der Waals surface area contributed by atoms with Crippen molar-refractivity contribution in [1.82, 2.24) is 10.4 Å². The second-order valence-electron chi connectivity index (χ2n) is 7.18. The Labute approximate surface area is 167 Å². The Morgan fingerprint density at radius 1 is 1.21 bits per heavy atom. The highest BCUT2D eigenvalue weighted by atomic mass is 16.3. The van der Waals surface area contributed by atoms with Gasteiger partial charge in [-0.2, -0.15) is 0 Å². The number of aryl methyl sites for hydroxylation is 1. The smallest absolute Gasteiger partial charge is 0.292 e. The van der Waals surface area contributed by atoms with Crippen molar-refractivity contribution in [2.75, 3.05) is 16.9 Å². The third-order valence-electron chi connectivity index (χ3n) is 4.50. The number of nitrogens with one attached hydrogen (secondary N) is 2. The minimum Gasteiger partial charge on any atom is -0.440 e. The summed E-state index contributed by atoms with van der Waals surface area (Å²) in [5, 5.41) is 4.12. The van der Waals surface area contributed by atoms with Crippen molar-refractivity contribution in [3.05, 3.63) is 53.9 Å². The predicted octanol–water partition coefficient (Wildman–Crippen LogP) is 3.15. The predicted molar refractivity (Wildman–Crippen MR) is 111 cm³/mol. The van der Waals surface area contributed by atoms with E-state index in [4.69, 9.17) is 4.42 Å². The Hall–Kier alpha value is -3.68. The molecule has 0 bridgehead atoms. The van der Waals surface area contributed by atoms with Crippen LogP contribution < -0.4 is 15.8 Å². The lowest BCUT2D eigenvalue weighted by Crippen LogP contribution is -2.54. The van der Waals surface area contributed by atoms with Gasteiger partial charge in [0.05, 0.1) is 5.69 Å². The van der Waals surface area contributed by atoms with E-state index in [1.807, 2.05) is 45.0 Å². The second kappa shape index (κ2) is 7.38. The van der Waals surface area contributed by atoms with Crippen molar-refractivity contribution in [1.29, 1.82) is 0 Å². The quantitative estimate of drug-likeness (QED) is 0.712. The van der Waals surface area contributed by atoms with Crippen molar-refractivity contribution in [2.45, 2.75) is 26.7 Å². The second-order valence-corrected chi connectivity index (χ2v) is 7.18. The zero-order chi connectivity index (χ0) is 20.5. The standard InChI is InChI=1S/C21H21N5O3/c1-12(2)21-24-16-10-14(6-9-17(16)29-21)23-20(28)19-22-11-18(27)26(25-19)15-7-4-13(3)5-8-15/h4-10,12H,11H2,1-3H3,(H,22,25)(H,23,28). The number of anilines is 2. The number of hydrogen-bond acceptors (Lipinski definition) is 6. The van der Waals surface area contributed by atoms with E-state index in [2.05, 4.69) is 20.7 Å². The van der Waals surface area contributed by atoms with Gasteiger partial charge in [-0.1, -0.05) is 31.5 Å². The van der Waals surface area contributed by atoms with Gasteiger partial charge in [-0.05, 0) is 37.3 Å². The molecule has 148 valence electrons. The molecular weight excluding hydrogens is 370 g/mol. The van der Waals surface area contributed by atoms with Gasteiger partial charge < -0.3 is 9.73 Å². The van der Waals surface area contributed by atoms with Gasteiger partial charge in [-0.25, -0.2) is 9.99 Å². The molecule has 0 spiro atoms. The molecule has 29 heavy (non-hydrogen) atoms. The number of amidine groups is 1. The van der Waals surface area contributed by atoms with Crippen LogP contribution in [0.1, 0.15) is 31.2 Å². The zero-order valence-corrected chi connectivity index (χ0v) is 16.4. The van der Waals surface area contributed by atoms with Gasteiger partial charge in [0.2, 0.25) is 5.84 Å². The number of nitrogens with zero attached hydrogens (tertiary/aromatic N) is 3. The average Bonchev–Trinajstić information content (AvgIpc) is 3.13. The summed E-state index contributed by atoms with van der Waals surface area (Å²) in [4.78, 5) is 33.4. The fourth-order valence-electron chi connectivity index (χ4n) is 2.91. The van der Waals surface area contributed by atoms with Crippen molar-refractivity contribution in [2.24, 2.45) is 4.99 Å². The summed E-state index contributed by atoms with van der Waals surface area (Å²) in [5.74, 6) is 0.200. The van der Waals surface area contributed by atoms with Crippen molar-refractivity contribution in [3.8, 4) is 0 Å². The Morgan fingerprint density at radius 2 is 1.97 bits per heavy atom. The zero-order valence-electron chi connectivity index (χ0n) is 16.4. The molecule has 2 heterocycles. The maximum absolute atomic E-state index is 12.7. The fourth-order valence-corrected chi connectivity index (χ4v) is 2.91. The number of aromatic nitrogens is 1. The van der Waals surface area contributed by atoms with E-state index in [0.29, 0.717) is 28.4 Å². The SMILES string of the molecule is Cc1ccc(N2NC(C(=O)Nc3ccc4oc(C(C)C)nc4c3)=NCC2=O)cc1. The third kappa shape index (κ3) is 3.82. The van der Waals surface area contributed by atoms with Crippen LogP contribution in [0.25, 0.3) is 11.1 Å². The third-order valence-corrected chi connectivity index (χ3v) is 4.50.